The molecule has 0 aromatic carbocycles. The van der Waals surface area contributed by atoms with Gasteiger partial charge in [0, 0.05) is 69.2 Å². The summed E-state index contributed by atoms with van der Waals surface area (Å²) < 4.78 is 9.91. The number of nitrogens with one attached hydrogen (secondary N) is 4. The van der Waals surface area contributed by atoms with Crippen molar-refractivity contribution in [2.45, 2.75) is 59.8 Å². The molecule has 9 heteroatoms. The SMILES string of the molecule is C=Cc1c2[nH]c(c1C)C=c1[nH]c(c(CCC(=O)OC)c1C)=Cc1[nH]c(c(C)c1CCC(=O)OC)C=c1[nH]c(c(C)c1CCO)=C2. The smallest absolute Gasteiger partial charge is 0.305 e. The van der Waals surface area contributed by atoms with Gasteiger partial charge in [-0.15, -0.1) is 0 Å². The second kappa shape index (κ2) is 13.1. The fourth-order valence-corrected chi connectivity index (χ4v) is 6.33. The van der Waals surface area contributed by atoms with Crippen molar-refractivity contribution in [2.24, 2.45) is 0 Å². The largest absolute Gasteiger partial charge is 0.469 e. The first-order valence-corrected chi connectivity index (χ1v) is 15.2. The molecule has 1 aliphatic heterocycles. The summed E-state index contributed by atoms with van der Waals surface area (Å²) in [6, 6.07) is 0. The van der Waals surface area contributed by atoms with Gasteiger partial charge in [-0.1, -0.05) is 12.7 Å². The standard InChI is InChI=1S/C36H42N4O5/c1-8-23-19(2)27-15-28-20(3)24(9-11-35(42)44-6)33(38-28)18-34-25(10-12-36(43)45-7)21(4)30(40-34)17-32-26(13-14-41)22(5)29(39-32)16-31(23)37-27/h8,15-18,37-41H,1,9-14H2,2-7H3. The number of fused-ring (bicyclic) bond motifs is 8. The summed E-state index contributed by atoms with van der Waals surface area (Å²) in [6.07, 6.45) is 12.2. The number of esters is 2. The maximum atomic E-state index is 12.2. The van der Waals surface area contributed by atoms with Gasteiger partial charge in [0.15, 0.2) is 0 Å². The van der Waals surface area contributed by atoms with E-state index in [1.165, 1.54) is 14.2 Å². The Bertz CT molecular complexity index is 2050. The van der Waals surface area contributed by atoms with Crippen molar-refractivity contribution in [1.29, 1.82) is 0 Å². The summed E-state index contributed by atoms with van der Waals surface area (Å²) in [5, 5.41) is 13.6. The quantitative estimate of drug-likeness (QED) is 0.163. The Morgan fingerprint density at radius 3 is 1.67 bits per heavy atom. The van der Waals surface area contributed by atoms with Crippen LogP contribution in [-0.4, -0.2) is 57.8 Å². The number of hydrogen-bond donors (Lipinski definition) is 5. The van der Waals surface area contributed by atoms with Gasteiger partial charge < -0.3 is 34.5 Å². The van der Waals surface area contributed by atoms with Crippen LogP contribution in [0.15, 0.2) is 6.58 Å². The van der Waals surface area contributed by atoms with E-state index in [-0.39, 0.29) is 31.4 Å². The molecule has 8 bridgehead atoms. The molecule has 236 valence electrons. The Morgan fingerprint density at radius 2 is 1.11 bits per heavy atom. The highest BCUT2D eigenvalue weighted by molar-refractivity contribution is 5.73. The number of methoxy groups -OCH3 is 2. The normalized spacial score (nSPS) is 12.1. The molecule has 0 aliphatic carbocycles. The van der Waals surface area contributed by atoms with Crippen molar-refractivity contribution >= 4 is 42.3 Å². The Hall–Kier alpha value is -4.76. The van der Waals surface area contributed by atoms with E-state index < -0.39 is 0 Å². The Balaban J connectivity index is 1.88. The molecule has 5 N–H and O–H groups in total. The summed E-state index contributed by atoms with van der Waals surface area (Å²) in [6.45, 7) is 12.4. The lowest BCUT2D eigenvalue weighted by atomic mass is 10.0. The summed E-state index contributed by atoms with van der Waals surface area (Å²) in [4.78, 5) is 38.8. The molecule has 45 heavy (non-hydrogen) atoms. The predicted molar refractivity (Wildman–Crippen MR) is 176 cm³/mol. The Kier molecular flexibility index (Phi) is 9.20. The van der Waals surface area contributed by atoms with Gasteiger partial charge >= 0.3 is 11.9 Å². The molecule has 5 heterocycles. The van der Waals surface area contributed by atoms with Crippen LogP contribution in [0, 0.1) is 27.7 Å². The lowest BCUT2D eigenvalue weighted by Crippen LogP contribution is -2.14. The van der Waals surface area contributed by atoms with Gasteiger partial charge in [0.25, 0.3) is 0 Å². The third kappa shape index (κ3) is 6.13. The zero-order valence-corrected chi connectivity index (χ0v) is 26.9. The Morgan fingerprint density at radius 1 is 0.644 bits per heavy atom. The van der Waals surface area contributed by atoms with Crippen LogP contribution in [0.2, 0.25) is 0 Å². The number of H-pyrrole nitrogens is 4. The molecule has 0 fully saturated rings. The number of ether oxygens (including phenoxy) is 2. The number of aliphatic hydroxyl groups is 1. The van der Waals surface area contributed by atoms with Crippen LogP contribution in [0.5, 0.6) is 0 Å². The average Bonchev–Trinajstić information content (AvgIpc) is 3.68. The van der Waals surface area contributed by atoms with Crippen molar-refractivity contribution in [3.05, 3.63) is 95.3 Å². The topological polar surface area (TPSA) is 136 Å². The van der Waals surface area contributed by atoms with E-state index in [4.69, 9.17) is 9.47 Å². The number of carbonyl (C=O) groups excluding carboxylic acids is 2. The van der Waals surface area contributed by atoms with Gasteiger partial charge in [0.2, 0.25) is 0 Å². The molecule has 9 nitrogen and oxygen atoms in total. The fraction of sp³-hybridized carbons (Fsp3) is 0.333. The van der Waals surface area contributed by atoms with Gasteiger partial charge in [-0.3, -0.25) is 9.59 Å². The molecule has 0 atom stereocenters. The minimum Gasteiger partial charge on any atom is -0.469 e. The molecule has 0 saturated carbocycles. The van der Waals surface area contributed by atoms with Crippen LogP contribution in [0.3, 0.4) is 0 Å². The number of aliphatic hydroxyl groups excluding tert-OH is 1. The second-order valence-corrected chi connectivity index (χ2v) is 11.6. The fourth-order valence-electron chi connectivity index (χ4n) is 6.33. The molecular weight excluding hydrogens is 568 g/mol. The zero-order valence-electron chi connectivity index (χ0n) is 26.9. The maximum Gasteiger partial charge on any atom is 0.305 e. The highest BCUT2D eigenvalue weighted by Gasteiger charge is 2.18. The van der Waals surface area contributed by atoms with Crippen LogP contribution in [0.25, 0.3) is 30.4 Å². The van der Waals surface area contributed by atoms with Crippen molar-refractivity contribution in [3.63, 3.8) is 0 Å². The van der Waals surface area contributed by atoms with Gasteiger partial charge in [-0.25, -0.2) is 0 Å². The van der Waals surface area contributed by atoms with Crippen molar-refractivity contribution < 1.29 is 24.2 Å². The van der Waals surface area contributed by atoms with Crippen molar-refractivity contribution in [2.75, 3.05) is 20.8 Å². The molecule has 4 aromatic heterocycles. The van der Waals surface area contributed by atoms with Crippen LogP contribution in [0.4, 0.5) is 0 Å². The number of carbonyl (C=O) groups is 2. The summed E-state index contributed by atoms with van der Waals surface area (Å²) >= 11 is 0. The number of aromatic amines is 4. The lowest BCUT2D eigenvalue weighted by Gasteiger charge is -2.03. The van der Waals surface area contributed by atoms with E-state index in [1.807, 2.05) is 13.0 Å². The first kappa shape index (κ1) is 31.7. The van der Waals surface area contributed by atoms with Crippen LogP contribution in [0.1, 0.15) is 80.1 Å². The van der Waals surface area contributed by atoms with E-state index in [2.05, 4.69) is 71.6 Å². The summed E-state index contributed by atoms with van der Waals surface area (Å²) in [7, 11) is 2.80. The van der Waals surface area contributed by atoms with Gasteiger partial charge in [0.05, 0.1) is 14.2 Å². The Labute approximate surface area is 262 Å². The van der Waals surface area contributed by atoms with E-state index in [0.29, 0.717) is 19.3 Å². The summed E-state index contributed by atoms with van der Waals surface area (Å²) in [5.74, 6) is -0.548. The van der Waals surface area contributed by atoms with E-state index >= 15 is 0 Å². The minimum absolute atomic E-state index is 0.0212. The second-order valence-electron chi connectivity index (χ2n) is 11.6. The molecule has 0 spiro atoms. The van der Waals surface area contributed by atoms with Gasteiger partial charge in [-0.05, 0) is 110 Å². The first-order valence-electron chi connectivity index (χ1n) is 15.2. The molecule has 0 unspecified atom stereocenters. The number of aromatic nitrogens is 4. The average molecular weight is 611 g/mol. The van der Waals surface area contributed by atoms with Crippen LogP contribution < -0.4 is 21.4 Å². The van der Waals surface area contributed by atoms with Crippen LogP contribution in [-0.2, 0) is 38.3 Å². The van der Waals surface area contributed by atoms with E-state index in [0.717, 1.165) is 88.7 Å². The maximum absolute atomic E-state index is 12.2. The molecule has 0 amide bonds. The molecule has 0 saturated heterocycles. The minimum atomic E-state index is -0.276. The van der Waals surface area contributed by atoms with Gasteiger partial charge in [-0.2, -0.15) is 0 Å². The highest BCUT2D eigenvalue weighted by Crippen LogP contribution is 2.24. The predicted octanol–water partition coefficient (Wildman–Crippen LogP) is 2.25. The highest BCUT2D eigenvalue weighted by atomic mass is 16.5. The molecular formula is C36H42N4O5. The van der Waals surface area contributed by atoms with Gasteiger partial charge in [0.1, 0.15) is 0 Å². The summed E-state index contributed by atoms with van der Waals surface area (Å²) in [5.41, 5.74) is 11.9. The third-order valence-corrected chi connectivity index (χ3v) is 9.06. The van der Waals surface area contributed by atoms with Crippen molar-refractivity contribution in [3.8, 4) is 0 Å². The van der Waals surface area contributed by atoms with Crippen molar-refractivity contribution in [1.82, 2.24) is 19.9 Å². The number of rotatable bonds is 9. The lowest BCUT2D eigenvalue weighted by molar-refractivity contribution is -0.141. The monoisotopic (exact) mass is 610 g/mol. The zero-order chi connectivity index (χ0) is 32.4. The number of hydrogen-bond acceptors (Lipinski definition) is 5. The van der Waals surface area contributed by atoms with E-state index in [9.17, 15) is 14.7 Å². The molecule has 4 aromatic rings. The molecule has 5 rings (SSSR count). The molecule has 1 aliphatic rings. The third-order valence-electron chi connectivity index (χ3n) is 9.06. The first-order chi connectivity index (χ1) is 21.6. The van der Waals surface area contributed by atoms with Crippen LogP contribution >= 0.6 is 0 Å². The molecule has 0 radical (unpaired) electrons. The van der Waals surface area contributed by atoms with E-state index in [1.54, 1.807) is 0 Å².